The number of carbonyl (C=O) groups is 1. The van der Waals surface area contributed by atoms with Crippen LogP contribution in [0.3, 0.4) is 0 Å². The summed E-state index contributed by atoms with van der Waals surface area (Å²) in [5.74, 6) is 0.481. The maximum absolute atomic E-state index is 11.5. The van der Waals surface area contributed by atoms with Crippen molar-refractivity contribution in [3.8, 4) is 11.5 Å². The summed E-state index contributed by atoms with van der Waals surface area (Å²) >= 11 is 0. The Morgan fingerprint density at radius 1 is 0.955 bits per heavy atom. The van der Waals surface area contributed by atoms with Gasteiger partial charge in [0.2, 0.25) is 5.89 Å². The summed E-state index contributed by atoms with van der Waals surface area (Å²) < 4.78 is 5.84. The van der Waals surface area contributed by atoms with E-state index in [1.807, 2.05) is 54.6 Å². The molecule has 4 heteroatoms. The lowest BCUT2D eigenvalue weighted by Crippen LogP contribution is -2.11. The van der Waals surface area contributed by atoms with Gasteiger partial charge in [0.05, 0.1) is 5.56 Å². The van der Waals surface area contributed by atoms with E-state index in [2.05, 4.69) is 4.98 Å². The Bertz CT molecular complexity index is 1010. The summed E-state index contributed by atoms with van der Waals surface area (Å²) in [4.78, 5) is 16.0. The number of fused-ring (bicyclic) bond motifs is 3. The number of oxazole rings is 1. The number of rotatable bonds is 2. The van der Waals surface area contributed by atoms with Gasteiger partial charge < -0.3 is 4.42 Å². The van der Waals surface area contributed by atoms with Crippen LogP contribution in [0.5, 0.6) is 0 Å². The Morgan fingerprint density at radius 3 is 2.36 bits per heavy atom. The Hall–Kier alpha value is -2.88. The summed E-state index contributed by atoms with van der Waals surface area (Å²) in [6.07, 6.45) is 0.726. The van der Waals surface area contributed by atoms with Gasteiger partial charge in [0.1, 0.15) is 13.4 Å². The number of aromatic nitrogens is 1. The molecule has 102 valence electrons. The van der Waals surface area contributed by atoms with Crippen molar-refractivity contribution in [2.75, 3.05) is 0 Å². The van der Waals surface area contributed by atoms with E-state index >= 15 is 0 Å². The lowest BCUT2D eigenvalue weighted by Gasteiger charge is -2.05. The van der Waals surface area contributed by atoms with Crippen LogP contribution in [-0.4, -0.2) is 19.1 Å². The highest BCUT2D eigenvalue weighted by molar-refractivity contribution is 6.44. The third-order valence-electron chi connectivity index (χ3n) is 3.77. The molecule has 4 aromatic rings. The summed E-state index contributed by atoms with van der Waals surface area (Å²) in [6.45, 7) is 0. The van der Waals surface area contributed by atoms with Crippen molar-refractivity contribution in [2.45, 2.75) is 0 Å². The first-order chi connectivity index (χ1) is 10.8. The van der Waals surface area contributed by atoms with E-state index in [1.165, 1.54) is 0 Å². The standard InChI is InChI=1S/C18H10BNO2/c19-15-12-8-4-5-9-13(12)16-17(14(15)10-21)22-18(20-16)11-6-2-1-3-7-11/h1-10H. The van der Waals surface area contributed by atoms with Crippen LogP contribution in [0.1, 0.15) is 10.4 Å². The van der Waals surface area contributed by atoms with E-state index in [1.54, 1.807) is 0 Å². The molecule has 0 amide bonds. The largest absolute Gasteiger partial charge is 0.435 e. The van der Waals surface area contributed by atoms with Crippen LogP contribution < -0.4 is 5.46 Å². The van der Waals surface area contributed by atoms with Crippen LogP contribution in [0.2, 0.25) is 0 Å². The lowest BCUT2D eigenvalue weighted by molar-refractivity contribution is 0.112. The first-order valence-electron chi connectivity index (χ1n) is 6.91. The predicted molar refractivity (Wildman–Crippen MR) is 87.7 cm³/mol. The van der Waals surface area contributed by atoms with Gasteiger partial charge in [0.15, 0.2) is 11.9 Å². The minimum atomic E-state index is 0.350. The SMILES string of the molecule is [B]c1c(C=O)c2oc(-c3ccccc3)nc2c2ccccc12. The van der Waals surface area contributed by atoms with Gasteiger partial charge in [0.25, 0.3) is 0 Å². The molecule has 3 nitrogen and oxygen atoms in total. The Morgan fingerprint density at radius 2 is 1.64 bits per heavy atom. The lowest BCUT2D eigenvalue weighted by atomic mass is 9.85. The van der Waals surface area contributed by atoms with E-state index in [4.69, 9.17) is 12.3 Å². The molecule has 0 aliphatic heterocycles. The molecule has 0 fully saturated rings. The van der Waals surface area contributed by atoms with Gasteiger partial charge in [-0.15, -0.1) is 0 Å². The molecule has 0 aliphatic carbocycles. The van der Waals surface area contributed by atoms with Crippen LogP contribution in [0.4, 0.5) is 0 Å². The van der Waals surface area contributed by atoms with Crippen LogP contribution >= 0.6 is 0 Å². The fourth-order valence-corrected chi connectivity index (χ4v) is 2.70. The second kappa shape index (κ2) is 4.84. The Labute approximate surface area is 128 Å². The normalized spacial score (nSPS) is 11.1. The molecule has 0 aliphatic rings. The molecule has 1 heterocycles. The third-order valence-corrected chi connectivity index (χ3v) is 3.77. The maximum Gasteiger partial charge on any atom is 0.227 e. The number of benzene rings is 3. The minimum absolute atomic E-state index is 0.350. The number of hydrogen-bond acceptors (Lipinski definition) is 3. The summed E-state index contributed by atoms with van der Waals surface area (Å²) in [5, 5.41) is 1.69. The van der Waals surface area contributed by atoms with Gasteiger partial charge in [-0.05, 0) is 17.5 Å². The zero-order chi connectivity index (χ0) is 15.1. The van der Waals surface area contributed by atoms with Gasteiger partial charge >= 0.3 is 0 Å². The number of nitrogens with zero attached hydrogens (tertiary/aromatic N) is 1. The van der Waals surface area contributed by atoms with E-state index in [0.717, 1.165) is 22.6 Å². The van der Waals surface area contributed by atoms with Gasteiger partial charge in [-0.3, -0.25) is 4.79 Å². The quantitative estimate of drug-likeness (QED) is 0.419. The summed E-state index contributed by atoms with van der Waals surface area (Å²) in [6, 6.07) is 17.2. The van der Waals surface area contributed by atoms with Crippen molar-refractivity contribution < 1.29 is 9.21 Å². The van der Waals surface area contributed by atoms with Crippen LogP contribution in [-0.2, 0) is 0 Å². The van der Waals surface area contributed by atoms with E-state index < -0.39 is 0 Å². The highest BCUT2D eigenvalue weighted by atomic mass is 16.3. The second-order valence-corrected chi connectivity index (χ2v) is 5.05. The van der Waals surface area contributed by atoms with Crippen LogP contribution in [0, 0.1) is 0 Å². The van der Waals surface area contributed by atoms with Crippen LogP contribution in [0.15, 0.2) is 59.0 Å². The smallest absolute Gasteiger partial charge is 0.227 e. The van der Waals surface area contributed by atoms with Gasteiger partial charge in [-0.2, -0.15) is 0 Å². The number of hydrogen-bond donors (Lipinski definition) is 0. The fourth-order valence-electron chi connectivity index (χ4n) is 2.70. The zero-order valence-electron chi connectivity index (χ0n) is 11.6. The van der Waals surface area contributed by atoms with E-state index in [9.17, 15) is 4.79 Å². The van der Waals surface area contributed by atoms with Crippen molar-refractivity contribution in [1.82, 2.24) is 4.98 Å². The van der Waals surface area contributed by atoms with Gasteiger partial charge in [-0.1, -0.05) is 47.9 Å². The van der Waals surface area contributed by atoms with Crippen molar-refractivity contribution in [3.63, 3.8) is 0 Å². The molecule has 4 rings (SSSR count). The number of aldehydes is 1. The molecule has 1 aromatic heterocycles. The molecule has 3 aromatic carbocycles. The molecule has 0 saturated carbocycles. The predicted octanol–water partition coefficient (Wildman–Crippen LogP) is 3.25. The maximum atomic E-state index is 11.5. The summed E-state index contributed by atoms with van der Waals surface area (Å²) in [5.41, 5.74) is 2.73. The molecular weight excluding hydrogens is 273 g/mol. The molecule has 2 radical (unpaired) electrons. The van der Waals surface area contributed by atoms with E-state index in [-0.39, 0.29) is 0 Å². The molecule has 0 bridgehead atoms. The molecule has 0 spiro atoms. The zero-order valence-corrected chi connectivity index (χ0v) is 11.6. The van der Waals surface area contributed by atoms with Gasteiger partial charge in [0, 0.05) is 10.9 Å². The molecule has 0 saturated heterocycles. The van der Waals surface area contributed by atoms with Gasteiger partial charge in [-0.25, -0.2) is 4.98 Å². The van der Waals surface area contributed by atoms with Crippen molar-refractivity contribution in [2.24, 2.45) is 0 Å². The average Bonchev–Trinajstić information content (AvgIpc) is 3.01. The second-order valence-electron chi connectivity index (χ2n) is 5.05. The molecule has 0 N–H and O–H groups in total. The minimum Gasteiger partial charge on any atom is -0.435 e. The number of carbonyl (C=O) groups excluding carboxylic acids is 1. The van der Waals surface area contributed by atoms with E-state index in [0.29, 0.717) is 28.0 Å². The third kappa shape index (κ3) is 1.77. The monoisotopic (exact) mass is 283 g/mol. The molecule has 22 heavy (non-hydrogen) atoms. The molecule has 0 atom stereocenters. The highest BCUT2D eigenvalue weighted by Crippen LogP contribution is 2.30. The van der Waals surface area contributed by atoms with Crippen LogP contribution in [0.25, 0.3) is 33.3 Å². The fraction of sp³-hybridized carbons (Fsp3) is 0. The summed E-state index contributed by atoms with van der Waals surface area (Å²) in [7, 11) is 6.12. The van der Waals surface area contributed by atoms with Crippen molar-refractivity contribution >= 4 is 41.5 Å². The Kier molecular flexibility index (Phi) is 2.83. The molecular formula is C18H10BNO2. The first-order valence-corrected chi connectivity index (χ1v) is 6.91. The topological polar surface area (TPSA) is 43.1 Å². The van der Waals surface area contributed by atoms with Crippen molar-refractivity contribution in [3.05, 3.63) is 60.2 Å². The molecule has 0 unspecified atom stereocenters. The average molecular weight is 283 g/mol. The first kappa shape index (κ1) is 12.8. The Balaban J connectivity index is 2.15. The van der Waals surface area contributed by atoms with Crippen molar-refractivity contribution in [1.29, 1.82) is 0 Å². The highest BCUT2D eigenvalue weighted by Gasteiger charge is 2.17.